The highest BCUT2D eigenvalue weighted by molar-refractivity contribution is 7.98. The van der Waals surface area contributed by atoms with Crippen LogP contribution < -0.4 is 5.46 Å². The van der Waals surface area contributed by atoms with Crippen LogP contribution in [-0.2, 0) is 11.3 Å². The van der Waals surface area contributed by atoms with Gasteiger partial charge in [0.1, 0.15) is 5.82 Å². The maximum absolute atomic E-state index is 14.0. The summed E-state index contributed by atoms with van der Waals surface area (Å²) >= 11 is 1.42. The molecule has 1 aromatic carbocycles. The molecule has 0 unspecified atom stereocenters. The van der Waals surface area contributed by atoms with Gasteiger partial charge in [-0.25, -0.2) is 14.4 Å². The van der Waals surface area contributed by atoms with E-state index >= 15 is 0 Å². The van der Waals surface area contributed by atoms with E-state index in [2.05, 4.69) is 9.97 Å². The van der Waals surface area contributed by atoms with Gasteiger partial charge in [0.2, 0.25) is 0 Å². The maximum atomic E-state index is 14.0. The number of hydrogen-bond acceptors (Lipinski definition) is 5. The molecule has 1 N–H and O–H groups in total. The van der Waals surface area contributed by atoms with Crippen molar-refractivity contribution in [1.29, 1.82) is 0 Å². The van der Waals surface area contributed by atoms with Crippen LogP contribution in [0.3, 0.4) is 0 Å². The summed E-state index contributed by atoms with van der Waals surface area (Å²) in [5, 5.41) is 10.3. The summed E-state index contributed by atoms with van der Waals surface area (Å²) in [6.07, 6.45) is 5.02. The average molecular weight is 276 g/mol. The lowest BCUT2D eigenvalue weighted by Gasteiger charge is -2.06. The van der Waals surface area contributed by atoms with Crippen LogP contribution in [0.1, 0.15) is 5.56 Å². The van der Waals surface area contributed by atoms with E-state index in [1.807, 2.05) is 6.26 Å². The molecule has 1 aliphatic rings. The lowest BCUT2D eigenvalue weighted by molar-refractivity contribution is 0.275. The van der Waals surface area contributed by atoms with Crippen molar-refractivity contribution < 1.29 is 14.1 Å². The lowest BCUT2D eigenvalue weighted by atomic mass is 9.78. The quantitative estimate of drug-likeness (QED) is 0.508. The zero-order valence-electron chi connectivity index (χ0n) is 10.1. The molecule has 96 valence electrons. The first-order chi connectivity index (χ1) is 9.19. The second kappa shape index (κ2) is 4.92. The smallest absolute Gasteiger partial charge is 0.423 e. The number of rotatable bonds is 2. The molecule has 0 spiro atoms. The monoisotopic (exact) mass is 276 g/mol. The summed E-state index contributed by atoms with van der Waals surface area (Å²) in [6.45, 7) is 0.232. The minimum atomic E-state index is -0.985. The summed E-state index contributed by atoms with van der Waals surface area (Å²) in [5.74, 6) is -0.364. The van der Waals surface area contributed by atoms with Gasteiger partial charge >= 0.3 is 7.12 Å². The van der Waals surface area contributed by atoms with E-state index in [0.717, 1.165) is 0 Å². The third-order valence-electron chi connectivity index (χ3n) is 3.01. The molecule has 0 bridgehead atoms. The summed E-state index contributed by atoms with van der Waals surface area (Å²) in [5.41, 5.74) is 2.23. The maximum Gasteiger partial charge on any atom is 0.491 e. The van der Waals surface area contributed by atoms with Crippen molar-refractivity contribution in [3.05, 3.63) is 35.9 Å². The van der Waals surface area contributed by atoms with Gasteiger partial charge in [0.15, 0.2) is 5.16 Å². The van der Waals surface area contributed by atoms with Gasteiger partial charge in [0, 0.05) is 23.5 Å². The normalized spacial score (nSPS) is 13.7. The third kappa shape index (κ3) is 2.24. The van der Waals surface area contributed by atoms with Crippen LogP contribution in [0.25, 0.3) is 11.1 Å². The molecule has 19 heavy (non-hydrogen) atoms. The van der Waals surface area contributed by atoms with Gasteiger partial charge in [0.25, 0.3) is 0 Å². The second-order valence-corrected chi connectivity index (χ2v) is 4.93. The van der Waals surface area contributed by atoms with Gasteiger partial charge in [0.05, 0.1) is 6.61 Å². The zero-order chi connectivity index (χ0) is 13.4. The van der Waals surface area contributed by atoms with E-state index in [4.69, 9.17) is 4.65 Å². The Morgan fingerprint density at radius 2 is 2.11 bits per heavy atom. The lowest BCUT2D eigenvalue weighted by Crippen LogP contribution is -2.28. The van der Waals surface area contributed by atoms with Crippen LogP contribution in [0.2, 0.25) is 0 Å². The molecular formula is C12H10BFN2O2S. The molecule has 3 rings (SSSR count). The minimum Gasteiger partial charge on any atom is -0.423 e. The van der Waals surface area contributed by atoms with Crippen LogP contribution in [0.15, 0.2) is 29.7 Å². The predicted molar refractivity (Wildman–Crippen MR) is 71.6 cm³/mol. The zero-order valence-corrected chi connectivity index (χ0v) is 10.9. The van der Waals surface area contributed by atoms with Gasteiger partial charge in [-0.1, -0.05) is 17.8 Å². The Morgan fingerprint density at radius 3 is 2.79 bits per heavy atom. The number of hydrogen-bond donors (Lipinski definition) is 1. The number of aromatic nitrogens is 2. The molecule has 0 radical (unpaired) electrons. The number of thioether (sulfide) groups is 1. The van der Waals surface area contributed by atoms with Gasteiger partial charge in [-0.2, -0.15) is 0 Å². The minimum absolute atomic E-state index is 0.232. The summed E-state index contributed by atoms with van der Waals surface area (Å²) < 4.78 is 19.1. The molecule has 1 aliphatic heterocycles. The first-order valence-electron chi connectivity index (χ1n) is 5.67. The van der Waals surface area contributed by atoms with Crippen LogP contribution in [-0.4, -0.2) is 28.4 Å². The molecular weight excluding hydrogens is 266 g/mol. The molecule has 0 aliphatic carbocycles. The fraction of sp³-hybridized carbons (Fsp3) is 0.167. The highest BCUT2D eigenvalue weighted by atomic mass is 32.2. The van der Waals surface area contributed by atoms with E-state index < -0.39 is 7.12 Å². The SMILES string of the molecule is CSc1ncc(-c2cc3c(cc2F)COB3O)cn1. The molecule has 0 saturated heterocycles. The fourth-order valence-corrected chi connectivity index (χ4v) is 2.34. The Labute approximate surface area is 114 Å². The summed E-state index contributed by atoms with van der Waals surface area (Å²) in [7, 11) is -0.985. The van der Waals surface area contributed by atoms with Crippen LogP contribution in [0.5, 0.6) is 0 Å². The molecule has 0 atom stereocenters. The van der Waals surface area contributed by atoms with Crippen molar-refractivity contribution >= 4 is 24.3 Å². The van der Waals surface area contributed by atoms with Gasteiger partial charge in [-0.05, 0) is 23.3 Å². The highest BCUT2D eigenvalue weighted by Crippen LogP contribution is 2.24. The highest BCUT2D eigenvalue weighted by Gasteiger charge is 2.29. The van der Waals surface area contributed by atoms with Crippen molar-refractivity contribution in [3.63, 3.8) is 0 Å². The van der Waals surface area contributed by atoms with E-state index in [1.165, 1.54) is 17.8 Å². The van der Waals surface area contributed by atoms with E-state index in [1.54, 1.807) is 18.5 Å². The standard InChI is InChI=1S/C12H10BFN2O2S/c1-19-12-15-4-8(5-16-12)9-3-10-7(2-11(9)14)6-18-13(10)17/h2-5,17H,6H2,1H3. The van der Waals surface area contributed by atoms with Crippen LogP contribution in [0.4, 0.5) is 4.39 Å². The average Bonchev–Trinajstić information content (AvgIpc) is 2.79. The van der Waals surface area contributed by atoms with Gasteiger partial charge < -0.3 is 9.68 Å². The van der Waals surface area contributed by atoms with E-state index in [9.17, 15) is 9.41 Å². The van der Waals surface area contributed by atoms with Crippen molar-refractivity contribution in [2.45, 2.75) is 11.8 Å². The molecule has 7 heteroatoms. The molecule has 0 fully saturated rings. The van der Waals surface area contributed by atoms with Crippen LogP contribution >= 0.6 is 11.8 Å². The summed E-state index contributed by atoms with van der Waals surface area (Å²) in [4.78, 5) is 8.24. The number of halogens is 1. The van der Waals surface area contributed by atoms with Crippen molar-refractivity contribution in [2.75, 3.05) is 6.26 Å². The fourth-order valence-electron chi connectivity index (χ4n) is 2.03. The van der Waals surface area contributed by atoms with Crippen molar-refractivity contribution in [2.24, 2.45) is 0 Å². The Hall–Kier alpha value is -1.44. The Bertz CT molecular complexity index is 624. The molecule has 4 nitrogen and oxygen atoms in total. The Kier molecular flexibility index (Phi) is 3.26. The van der Waals surface area contributed by atoms with Crippen molar-refractivity contribution in [3.8, 4) is 11.1 Å². The number of fused-ring (bicyclic) bond motifs is 1. The number of nitrogens with zero attached hydrogens (tertiary/aromatic N) is 2. The molecule has 2 heterocycles. The van der Waals surface area contributed by atoms with Gasteiger partial charge in [-0.15, -0.1) is 0 Å². The topological polar surface area (TPSA) is 55.2 Å². The molecule has 0 saturated carbocycles. The van der Waals surface area contributed by atoms with E-state index in [0.29, 0.717) is 27.3 Å². The Balaban J connectivity index is 2.06. The molecule has 1 aromatic heterocycles. The van der Waals surface area contributed by atoms with E-state index in [-0.39, 0.29) is 12.4 Å². The van der Waals surface area contributed by atoms with Crippen molar-refractivity contribution in [1.82, 2.24) is 9.97 Å². The predicted octanol–water partition coefficient (Wildman–Crippen LogP) is 1.22. The number of benzene rings is 1. The summed E-state index contributed by atoms with van der Waals surface area (Å²) in [6, 6.07) is 2.99. The first-order valence-corrected chi connectivity index (χ1v) is 6.90. The largest absolute Gasteiger partial charge is 0.491 e. The Morgan fingerprint density at radius 1 is 1.37 bits per heavy atom. The molecule has 0 amide bonds. The molecule has 2 aromatic rings. The first kappa shape index (κ1) is 12.6. The second-order valence-electron chi connectivity index (χ2n) is 4.15. The van der Waals surface area contributed by atoms with Gasteiger partial charge in [-0.3, -0.25) is 0 Å². The van der Waals surface area contributed by atoms with Crippen LogP contribution in [0, 0.1) is 5.82 Å². The third-order valence-corrected chi connectivity index (χ3v) is 3.59.